The zero-order valence-corrected chi connectivity index (χ0v) is 17.2. The molecule has 0 aliphatic heterocycles. The number of halogens is 2. The van der Waals surface area contributed by atoms with Crippen LogP contribution in [0.2, 0.25) is 10.0 Å². The largest absolute Gasteiger partial charge is 0.280 e. The Morgan fingerprint density at radius 3 is 2.45 bits per heavy atom. The Bertz CT molecular complexity index is 1360. The second kappa shape index (κ2) is 7.59. The third-order valence-corrected chi connectivity index (χ3v) is 6.30. The van der Waals surface area contributed by atoms with E-state index in [-0.39, 0.29) is 21.2 Å². The Kier molecular flexibility index (Phi) is 5.12. The zero-order valence-electron chi connectivity index (χ0n) is 14.9. The highest BCUT2D eigenvalue weighted by molar-refractivity contribution is 7.92. The molecule has 0 spiro atoms. The molecule has 0 radical (unpaired) electrons. The molecule has 0 bridgehead atoms. The van der Waals surface area contributed by atoms with Crippen LogP contribution in [0.5, 0.6) is 0 Å². The van der Waals surface area contributed by atoms with E-state index in [9.17, 15) is 13.2 Å². The fourth-order valence-corrected chi connectivity index (χ4v) is 4.65. The SMILES string of the molecule is O=c1[nH]n(Cc2ccccc2)c2cc(Cl)c(NS(=O)(=O)c3cccc(Cl)c3)cc12. The summed E-state index contributed by atoms with van der Waals surface area (Å²) >= 11 is 12.2. The molecule has 0 saturated heterocycles. The van der Waals surface area contributed by atoms with E-state index in [1.54, 1.807) is 16.8 Å². The molecule has 148 valence electrons. The number of anilines is 1. The summed E-state index contributed by atoms with van der Waals surface area (Å²) in [7, 11) is -3.92. The van der Waals surface area contributed by atoms with Crippen LogP contribution < -0.4 is 10.3 Å². The van der Waals surface area contributed by atoms with Crippen LogP contribution in [-0.2, 0) is 16.6 Å². The van der Waals surface area contributed by atoms with Crippen molar-refractivity contribution in [3.8, 4) is 0 Å². The van der Waals surface area contributed by atoms with E-state index in [0.29, 0.717) is 22.5 Å². The molecular weight excluding hydrogens is 433 g/mol. The highest BCUT2D eigenvalue weighted by Crippen LogP contribution is 2.29. The Morgan fingerprint density at radius 1 is 0.966 bits per heavy atom. The molecule has 0 aliphatic rings. The average molecular weight is 448 g/mol. The van der Waals surface area contributed by atoms with Gasteiger partial charge in [-0.15, -0.1) is 0 Å². The molecule has 0 saturated carbocycles. The van der Waals surface area contributed by atoms with E-state index in [2.05, 4.69) is 9.82 Å². The molecular formula is C20H15Cl2N3O3S. The molecule has 29 heavy (non-hydrogen) atoms. The van der Waals surface area contributed by atoms with Crippen LogP contribution >= 0.6 is 23.2 Å². The minimum absolute atomic E-state index is 0.00304. The first-order chi connectivity index (χ1) is 13.8. The molecule has 9 heteroatoms. The third-order valence-electron chi connectivity index (χ3n) is 4.39. The monoisotopic (exact) mass is 447 g/mol. The van der Waals surface area contributed by atoms with E-state index >= 15 is 0 Å². The van der Waals surface area contributed by atoms with Crippen molar-refractivity contribution in [2.45, 2.75) is 11.4 Å². The van der Waals surface area contributed by atoms with Gasteiger partial charge in [-0.25, -0.2) is 8.42 Å². The second-order valence-electron chi connectivity index (χ2n) is 6.42. The van der Waals surface area contributed by atoms with Gasteiger partial charge < -0.3 is 0 Å². The van der Waals surface area contributed by atoms with Gasteiger partial charge in [0, 0.05) is 5.02 Å². The maximum Gasteiger partial charge on any atom is 0.272 e. The summed E-state index contributed by atoms with van der Waals surface area (Å²) in [6, 6.07) is 18.5. The molecule has 4 aromatic rings. The maximum absolute atomic E-state index is 12.7. The van der Waals surface area contributed by atoms with Crippen molar-refractivity contribution in [2.75, 3.05) is 4.72 Å². The van der Waals surface area contributed by atoms with Crippen molar-refractivity contribution in [2.24, 2.45) is 0 Å². The lowest BCUT2D eigenvalue weighted by atomic mass is 10.2. The lowest BCUT2D eigenvalue weighted by Crippen LogP contribution is -2.13. The van der Waals surface area contributed by atoms with E-state index in [1.165, 1.54) is 24.3 Å². The number of aromatic nitrogens is 2. The number of nitrogens with one attached hydrogen (secondary N) is 2. The van der Waals surface area contributed by atoms with Crippen molar-refractivity contribution >= 4 is 49.8 Å². The molecule has 0 fully saturated rings. The molecule has 0 amide bonds. The number of sulfonamides is 1. The number of aromatic amines is 1. The van der Waals surface area contributed by atoms with Crippen LogP contribution in [0, 0.1) is 0 Å². The van der Waals surface area contributed by atoms with E-state index in [0.717, 1.165) is 5.56 Å². The van der Waals surface area contributed by atoms with Gasteiger partial charge >= 0.3 is 0 Å². The number of hydrogen-bond donors (Lipinski definition) is 2. The van der Waals surface area contributed by atoms with Gasteiger partial charge in [-0.2, -0.15) is 0 Å². The van der Waals surface area contributed by atoms with E-state index in [1.807, 2.05) is 30.3 Å². The summed E-state index contributed by atoms with van der Waals surface area (Å²) < 4.78 is 29.4. The Balaban J connectivity index is 1.73. The maximum atomic E-state index is 12.7. The zero-order chi connectivity index (χ0) is 20.6. The first-order valence-corrected chi connectivity index (χ1v) is 10.8. The van der Waals surface area contributed by atoms with Crippen molar-refractivity contribution in [3.63, 3.8) is 0 Å². The molecule has 0 aliphatic carbocycles. The first kappa shape index (κ1) is 19.6. The summed E-state index contributed by atoms with van der Waals surface area (Å²) in [5, 5.41) is 3.56. The highest BCUT2D eigenvalue weighted by atomic mass is 35.5. The predicted octanol–water partition coefficient (Wildman–Crippen LogP) is 4.49. The van der Waals surface area contributed by atoms with Crippen LogP contribution in [0.1, 0.15) is 5.56 Å². The molecule has 6 nitrogen and oxygen atoms in total. The third kappa shape index (κ3) is 4.03. The molecule has 0 unspecified atom stereocenters. The van der Waals surface area contributed by atoms with Crippen molar-refractivity contribution in [3.05, 3.63) is 92.7 Å². The Morgan fingerprint density at radius 2 is 1.72 bits per heavy atom. The smallest absolute Gasteiger partial charge is 0.272 e. The van der Waals surface area contributed by atoms with Gasteiger partial charge in [0.25, 0.3) is 15.6 Å². The van der Waals surface area contributed by atoms with Gasteiger partial charge in [0.2, 0.25) is 0 Å². The summed E-state index contributed by atoms with van der Waals surface area (Å²) in [6.07, 6.45) is 0. The molecule has 3 aromatic carbocycles. The standard InChI is InChI=1S/C20H15Cl2N3O3S/c21-14-7-4-8-15(9-14)29(27,28)24-18-10-16-19(11-17(18)22)25(23-20(16)26)12-13-5-2-1-3-6-13/h1-11,24H,12H2,(H,23,26). The van der Waals surface area contributed by atoms with Crippen molar-refractivity contribution < 1.29 is 8.42 Å². The first-order valence-electron chi connectivity index (χ1n) is 8.58. The number of nitrogens with zero attached hydrogens (tertiary/aromatic N) is 1. The quantitative estimate of drug-likeness (QED) is 0.472. The minimum atomic E-state index is -3.92. The van der Waals surface area contributed by atoms with Crippen LogP contribution in [0.25, 0.3) is 10.9 Å². The normalized spacial score (nSPS) is 11.7. The minimum Gasteiger partial charge on any atom is -0.280 e. The summed E-state index contributed by atoms with van der Waals surface area (Å²) in [4.78, 5) is 12.4. The number of fused-ring (bicyclic) bond motifs is 1. The van der Waals surface area contributed by atoms with Gasteiger partial charge in [-0.05, 0) is 35.9 Å². The van der Waals surface area contributed by atoms with Crippen LogP contribution in [0.15, 0.2) is 76.4 Å². The highest BCUT2D eigenvalue weighted by Gasteiger charge is 2.18. The lowest BCUT2D eigenvalue weighted by Gasteiger charge is -2.11. The molecule has 0 atom stereocenters. The number of rotatable bonds is 5. The molecule has 4 rings (SSSR count). The Labute approximate surface area is 176 Å². The van der Waals surface area contributed by atoms with Gasteiger partial charge in [-0.3, -0.25) is 19.3 Å². The van der Waals surface area contributed by atoms with Crippen LogP contribution in [0.4, 0.5) is 5.69 Å². The topological polar surface area (TPSA) is 84.0 Å². The van der Waals surface area contributed by atoms with Crippen LogP contribution in [-0.4, -0.2) is 18.2 Å². The van der Waals surface area contributed by atoms with Gasteiger partial charge in [0.05, 0.1) is 33.1 Å². The fraction of sp³-hybridized carbons (Fsp3) is 0.0500. The summed E-state index contributed by atoms with van der Waals surface area (Å²) in [5.74, 6) is 0. The predicted molar refractivity (Wildman–Crippen MR) is 115 cm³/mol. The average Bonchev–Trinajstić information content (AvgIpc) is 2.97. The second-order valence-corrected chi connectivity index (χ2v) is 8.95. The number of benzene rings is 3. The molecule has 1 aromatic heterocycles. The van der Waals surface area contributed by atoms with Gasteiger partial charge in [-0.1, -0.05) is 59.6 Å². The Hall–Kier alpha value is -2.74. The van der Waals surface area contributed by atoms with Gasteiger partial charge in [0.15, 0.2) is 0 Å². The number of hydrogen-bond acceptors (Lipinski definition) is 3. The van der Waals surface area contributed by atoms with Crippen molar-refractivity contribution in [1.82, 2.24) is 9.78 Å². The van der Waals surface area contributed by atoms with Crippen LogP contribution in [0.3, 0.4) is 0 Å². The summed E-state index contributed by atoms with van der Waals surface area (Å²) in [6.45, 7) is 0.448. The van der Waals surface area contributed by atoms with E-state index in [4.69, 9.17) is 23.2 Å². The summed E-state index contributed by atoms with van der Waals surface area (Å²) in [5.41, 5.74) is 1.36. The number of H-pyrrole nitrogens is 1. The molecule has 2 N–H and O–H groups in total. The fourth-order valence-electron chi connectivity index (χ4n) is 3.02. The lowest BCUT2D eigenvalue weighted by molar-refractivity contribution is 0.601. The molecule has 1 heterocycles. The van der Waals surface area contributed by atoms with Crippen molar-refractivity contribution in [1.29, 1.82) is 0 Å². The van der Waals surface area contributed by atoms with E-state index < -0.39 is 10.0 Å². The van der Waals surface area contributed by atoms with Gasteiger partial charge in [0.1, 0.15) is 0 Å².